The number of halogens is 1. The number of rotatable bonds is 6. The molecule has 144 valence electrons. The molecular weight excluding hydrogens is 363 g/mol. The molecule has 0 heterocycles. The van der Waals surface area contributed by atoms with E-state index in [2.05, 4.69) is 4.72 Å². The van der Waals surface area contributed by atoms with Crippen molar-refractivity contribution in [1.29, 1.82) is 0 Å². The molecular formula is C17H23FN2O5S. The first-order valence-corrected chi connectivity index (χ1v) is 9.90. The molecule has 0 atom stereocenters. The van der Waals surface area contributed by atoms with Gasteiger partial charge in [0.2, 0.25) is 10.0 Å². The van der Waals surface area contributed by atoms with E-state index in [1.807, 2.05) is 0 Å². The van der Waals surface area contributed by atoms with Crippen LogP contribution in [-0.4, -0.2) is 51.9 Å². The van der Waals surface area contributed by atoms with Gasteiger partial charge in [-0.1, -0.05) is 19.3 Å². The molecule has 0 radical (unpaired) electrons. The molecule has 1 aromatic carbocycles. The maximum atomic E-state index is 13.9. The highest BCUT2D eigenvalue weighted by molar-refractivity contribution is 7.89. The average Bonchev–Trinajstić information content (AvgIpc) is 2.66. The van der Waals surface area contributed by atoms with Gasteiger partial charge in [-0.25, -0.2) is 22.3 Å². The summed E-state index contributed by atoms with van der Waals surface area (Å²) in [4.78, 5) is 25.6. The molecule has 0 aromatic heterocycles. The Morgan fingerprint density at radius 1 is 1.27 bits per heavy atom. The quantitative estimate of drug-likeness (QED) is 0.751. The first-order valence-electron chi connectivity index (χ1n) is 8.42. The standard InChI is InChI=1S/C17H23FN2O5S/c1-19-26(23,24)13-8-9-15(18)14(10-13)17(22)25-11-16(21)20(2)12-6-4-3-5-7-12/h8-10,12,19H,3-7,11H2,1-2H3. The van der Waals surface area contributed by atoms with E-state index >= 15 is 0 Å². The van der Waals surface area contributed by atoms with Crippen molar-refractivity contribution in [3.8, 4) is 0 Å². The molecule has 0 bridgehead atoms. The first-order chi connectivity index (χ1) is 12.3. The van der Waals surface area contributed by atoms with Gasteiger partial charge in [-0.2, -0.15) is 0 Å². The summed E-state index contributed by atoms with van der Waals surface area (Å²) in [6.45, 7) is -0.520. The summed E-state index contributed by atoms with van der Waals surface area (Å²) in [6.07, 6.45) is 5.09. The Labute approximate surface area is 152 Å². The third-order valence-electron chi connectivity index (χ3n) is 4.58. The van der Waals surface area contributed by atoms with Crippen LogP contribution in [0.25, 0.3) is 0 Å². The van der Waals surface area contributed by atoms with E-state index in [0.717, 1.165) is 50.3 Å². The maximum absolute atomic E-state index is 13.9. The third-order valence-corrected chi connectivity index (χ3v) is 5.99. The topological polar surface area (TPSA) is 92.8 Å². The minimum atomic E-state index is -3.83. The number of sulfonamides is 1. The number of carbonyl (C=O) groups excluding carboxylic acids is 2. The van der Waals surface area contributed by atoms with Crippen molar-refractivity contribution in [2.24, 2.45) is 0 Å². The Bertz CT molecular complexity index is 775. The lowest BCUT2D eigenvalue weighted by Crippen LogP contribution is -2.40. The van der Waals surface area contributed by atoms with Gasteiger partial charge in [0.05, 0.1) is 10.5 Å². The first kappa shape index (κ1) is 20.3. The Kier molecular flexibility index (Phi) is 6.71. The normalized spacial score (nSPS) is 15.5. The van der Waals surface area contributed by atoms with Gasteiger partial charge in [0, 0.05) is 13.1 Å². The lowest BCUT2D eigenvalue weighted by molar-refractivity contribution is -0.135. The zero-order valence-corrected chi connectivity index (χ0v) is 15.6. The fourth-order valence-electron chi connectivity index (χ4n) is 2.92. The van der Waals surface area contributed by atoms with Crippen LogP contribution < -0.4 is 4.72 Å². The summed E-state index contributed by atoms with van der Waals surface area (Å²) in [6, 6.07) is 2.92. The predicted molar refractivity (Wildman–Crippen MR) is 92.6 cm³/mol. The SMILES string of the molecule is CNS(=O)(=O)c1ccc(F)c(C(=O)OCC(=O)N(C)C2CCCCC2)c1. The number of nitrogens with zero attached hydrogens (tertiary/aromatic N) is 1. The lowest BCUT2D eigenvalue weighted by atomic mass is 9.94. The third kappa shape index (κ3) is 4.79. The largest absolute Gasteiger partial charge is 0.452 e. The van der Waals surface area contributed by atoms with Crippen LogP contribution in [0.5, 0.6) is 0 Å². The van der Waals surface area contributed by atoms with E-state index in [9.17, 15) is 22.4 Å². The zero-order valence-electron chi connectivity index (χ0n) is 14.8. The fraction of sp³-hybridized carbons (Fsp3) is 0.529. The number of amides is 1. The molecule has 1 fully saturated rings. The van der Waals surface area contributed by atoms with Crippen molar-refractivity contribution in [2.45, 2.75) is 43.0 Å². The molecule has 9 heteroatoms. The van der Waals surface area contributed by atoms with Gasteiger partial charge in [-0.05, 0) is 38.1 Å². The number of nitrogens with one attached hydrogen (secondary N) is 1. The van der Waals surface area contributed by atoms with Crippen molar-refractivity contribution in [3.05, 3.63) is 29.6 Å². The van der Waals surface area contributed by atoms with Crippen LogP contribution in [0.1, 0.15) is 42.5 Å². The summed E-state index contributed by atoms with van der Waals surface area (Å²) in [5.41, 5.74) is -0.533. The van der Waals surface area contributed by atoms with Gasteiger partial charge in [0.1, 0.15) is 5.82 Å². The van der Waals surface area contributed by atoms with Crippen molar-refractivity contribution in [3.63, 3.8) is 0 Å². The van der Waals surface area contributed by atoms with E-state index in [1.165, 1.54) is 7.05 Å². The van der Waals surface area contributed by atoms with E-state index in [1.54, 1.807) is 11.9 Å². The molecule has 2 rings (SSSR count). The monoisotopic (exact) mass is 386 g/mol. The van der Waals surface area contributed by atoms with Crippen LogP contribution in [0.3, 0.4) is 0 Å². The Morgan fingerprint density at radius 2 is 1.92 bits per heavy atom. The molecule has 1 saturated carbocycles. The predicted octanol–water partition coefficient (Wildman–Crippen LogP) is 1.68. The molecule has 1 amide bonds. The molecule has 0 aliphatic heterocycles. The van der Waals surface area contributed by atoms with Crippen LogP contribution in [0.2, 0.25) is 0 Å². The minimum Gasteiger partial charge on any atom is -0.452 e. The second-order valence-corrected chi connectivity index (χ2v) is 8.11. The maximum Gasteiger partial charge on any atom is 0.341 e. The molecule has 1 aromatic rings. The van der Waals surface area contributed by atoms with Crippen LogP contribution in [-0.2, 0) is 19.6 Å². The highest BCUT2D eigenvalue weighted by atomic mass is 32.2. The van der Waals surface area contributed by atoms with Gasteiger partial charge in [-0.3, -0.25) is 4.79 Å². The highest BCUT2D eigenvalue weighted by Gasteiger charge is 2.24. The number of carbonyl (C=O) groups is 2. The molecule has 26 heavy (non-hydrogen) atoms. The van der Waals surface area contributed by atoms with E-state index in [0.29, 0.717) is 0 Å². The van der Waals surface area contributed by atoms with Crippen molar-refractivity contribution in [1.82, 2.24) is 9.62 Å². The summed E-state index contributed by atoms with van der Waals surface area (Å²) in [7, 11) is -0.965. The van der Waals surface area contributed by atoms with Crippen LogP contribution in [0.15, 0.2) is 23.1 Å². The fourth-order valence-corrected chi connectivity index (χ4v) is 3.68. The number of ether oxygens (including phenoxy) is 1. The number of benzene rings is 1. The van der Waals surface area contributed by atoms with Crippen molar-refractivity contribution in [2.75, 3.05) is 20.7 Å². The molecule has 7 nitrogen and oxygen atoms in total. The van der Waals surface area contributed by atoms with Gasteiger partial charge >= 0.3 is 5.97 Å². The summed E-state index contributed by atoms with van der Waals surface area (Å²) in [5.74, 6) is -2.37. The summed E-state index contributed by atoms with van der Waals surface area (Å²) in [5, 5.41) is 0. The van der Waals surface area contributed by atoms with Gasteiger partial charge < -0.3 is 9.64 Å². The molecule has 0 saturated heterocycles. The second kappa shape index (κ2) is 8.59. The Balaban J connectivity index is 2.03. The number of likely N-dealkylation sites (N-methyl/N-ethyl adjacent to an activating group) is 1. The van der Waals surface area contributed by atoms with Crippen LogP contribution in [0.4, 0.5) is 4.39 Å². The van der Waals surface area contributed by atoms with Crippen molar-refractivity contribution >= 4 is 21.9 Å². The molecule has 1 N–H and O–H groups in total. The molecule has 1 aliphatic rings. The van der Waals surface area contributed by atoms with Gasteiger partial charge in [-0.15, -0.1) is 0 Å². The molecule has 0 spiro atoms. The van der Waals surface area contributed by atoms with E-state index in [-0.39, 0.29) is 16.8 Å². The number of hydrogen-bond acceptors (Lipinski definition) is 5. The smallest absolute Gasteiger partial charge is 0.341 e. The van der Waals surface area contributed by atoms with Crippen LogP contribution >= 0.6 is 0 Å². The average molecular weight is 386 g/mol. The lowest BCUT2D eigenvalue weighted by Gasteiger charge is -2.31. The second-order valence-electron chi connectivity index (χ2n) is 6.22. The highest BCUT2D eigenvalue weighted by Crippen LogP contribution is 2.22. The Hall–Kier alpha value is -2.00. The van der Waals surface area contributed by atoms with Crippen LogP contribution in [0, 0.1) is 5.82 Å². The number of esters is 1. The summed E-state index contributed by atoms with van der Waals surface area (Å²) < 4.78 is 44.4. The minimum absolute atomic E-state index is 0.121. The Morgan fingerprint density at radius 3 is 2.54 bits per heavy atom. The van der Waals surface area contributed by atoms with Gasteiger partial charge in [0.15, 0.2) is 6.61 Å². The van der Waals surface area contributed by atoms with Gasteiger partial charge in [0.25, 0.3) is 5.91 Å². The van der Waals surface area contributed by atoms with Crippen molar-refractivity contribution < 1.29 is 27.1 Å². The number of hydrogen-bond donors (Lipinski definition) is 1. The van der Waals surface area contributed by atoms with E-state index < -0.39 is 34.0 Å². The van der Waals surface area contributed by atoms with E-state index in [4.69, 9.17) is 4.74 Å². The molecule has 1 aliphatic carbocycles. The zero-order chi connectivity index (χ0) is 19.3. The summed E-state index contributed by atoms with van der Waals surface area (Å²) >= 11 is 0. The molecule has 0 unspecified atom stereocenters.